The highest BCUT2D eigenvalue weighted by Crippen LogP contribution is 2.22. The van der Waals surface area contributed by atoms with Crippen molar-refractivity contribution >= 4 is 29.2 Å². The smallest absolute Gasteiger partial charge is 0.339 e. The summed E-state index contributed by atoms with van der Waals surface area (Å²) in [7, 11) is 1.29. The summed E-state index contributed by atoms with van der Waals surface area (Å²) in [6, 6.07) is 23.1. The minimum atomic E-state index is -0.546. The zero-order valence-electron chi connectivity index (χ0n) is 19.4. The van der Waals surface area contributed by atoms with Crippen LogP contribution in [0.2, 0.25) is 5.02 Å². The second-order valence-electron chi connectivity index (χ2n) is 8.02. The Labute approximate surface area is 206 Å². The van der Waals surface area contributed by atoms with E-state index < -0.39 is 5.97 Å². The number of ether oxygens (including phenoxy) is 2. The maximum atomic E-state index is 12.3. The van der Waals surface area contributed by atoms with Crippen LogP contribution in [0.15, 0.2) is 72.8 Å². The summed E-state index contributed by atoms with van der Waals surface area (Å²) in [5.74, 6) is 0.150. The molecule has 0 saturated carbocycles. The number of rotatable bonds is 12. The lowest BCUT2D eigenvalue weighted by atomic mass is 10.1. The van der Waals surface area contributed by atoms with Gasteiger partial charge in [-0.2, -0.15) is 0 Å². The van der Waals surface area contributed by atoms with Crippen molar-refractivity contribution in [2.75, 3.05) is 19.0 Å². The number of aryl methyl sites for hydroxylation is 2. The largest absolute Gasteiger partial charge is 0.494 e. The molecule has 0 aliphatic heterocycles. The Kier molecular flexibility index (Phi) is 9.98. The minimum Gasteiger partial charge on any atom is -0.494 e. The third-order valence-corrected chi connectivity index (χ3v) is 5.77. The van der Waals surface area contributed by atoms with Gasteiger partial charge in [0.2, 0.25) is 5.91 Å². The lowest BCUT2D eigenvalue weighted by molar-refractivity contribution is -0.116. The fourth-order valence-corrected chi connectivity index (χ4v) is 3.74. The van der Waals surface area contributed by atoms with E-state index in [2.05, 4.69) is 29.6 Å². The lowest BCUT2D eigenvalue weighted by Crippen LogP contribution is -2.13. The van der Waals surface area contributed by atoms with Crippen LogP contribution in [0.25, 0.3) is 0 Å². The predicted molar refractivity (Wildman–Crippen MR) is 136 cm³/mol. The molecular formula is C28H30ClNO4. The van der Waals surface area contributed by atoms with Gasteiger partial charge in [0.25, 0.3) is 0 Å². The molecular weight excluding hydrogens is 450 g/mol. The Hall–Kier alpha value is -3.31. The summed E-state index contributed by atoms with van der Waals surface area (Å²) in [6.45, 7) is 0.700. The van der Waals surface area contributed by atoms with Crippen molar-refractivity contribution in [3.63, 3.8) is 0 Å². The van der Waals surface area contributed by atoms with Gasteiger partial charge in [0, 0.05) is 12.1 Å². The van der Waals surface area contributed by atoms with Crippen LogP contribution in [0.5, 0.6) is 5.75 Å². The van der Waals surface area contributed by atoms with E-state index in [-0.39, 0.29) is 16.5 Å². The van der Waals surface area contributed by atoms with Crippen molar-refractivity contribution in [2.45, 2.75) is 38.5 Å². The molecule has 0 atom stereocenters. The predicted octanol–water partition coefficient (Wildman–Crippen LogP) is 6.49. The number of methoxy groups -OCH3 is 1. The van der Waals surface area contributed by atoms with Crippen LogP contribution < -0.4 is 10.1 Å². The summed E-state index contributed by atoms with van der Waals surface area (Å²) in [6.07, 6.45) is 5.34. The van der Waals surface area contributed by atoms with Crippen LogP contribution in [0.3, 0.4) is 0 Å². The van der Waals surface area contributed by atoms with Crippen LogP contribution in [0, 0.1) is 0 Å². The van der Waals surface area contributed by atoms with Crippen LogP contribution in [-0.2, 0) is 22.4 Å². The van der Waals surface area contributed by atoms with Crippen molar-refractivity contribution in [2.24, 2.45) is 0 Å². The average Bonchev–Trinajstić information content (AvgIpc) is 2.87. The second-order valence-corrected chi connectivity index (χ2v) is 8.43. The Balaban J connectivity index is 1.35. The molecule has 1 N–H and O–H groups in total. The Morgan fingerprint density at radius 3 is 2.32 bits per heavy atom. The zero-order chi connectivity index (χ0) is 24.2. The molecule has 0 radical (unpaired) electrons. The first-order chi connectivity index (χ1) is 16.5. The molecule has 6 heteroatoms. The van der Waals surface area contributed by atoms with Crippen LogP contribution in [0.1, 0.15) is 47.2 Å². The molecule has 0 aromatic heterocycles. The number of esters is 1. The van der Waals surface area contributed by atoms with Crippen molar-refractivity contribution in [3.05, 3.63) is 94.5 Å². The van der Waals surface area contributed by atoms with Gasteiger partial charge in [0.15, 0.2) is 0 Å². The Morgan fingerprint density at radius 1 is 0.853 bits per heavy atom. The van der Waals surface area contributed by atoms with Gasteiger partial charge in [0.1, 0.15) is 5.75 Å². The van der Waals surface area contributed by atoms with Gasteiger partial charge >= 0.3 is 5.97 Å². The number of benzene rings is 3. The summed E-state index contributed by atoms with van der Waals surface area (Å²) in [5.41, 5.74) is 3.15. The Morgan fingerprint density at radius 2 is 1.59 bits per heavy atom. The molecule has 0 aliphatic rings. The molecule has 34 heavy (non-hydrogen) atoms. The summed E-state index contributed by atoms with van der Waals surface area (Å²) in [4.78, 5) is 24.1. The molecule has 3 rings (SSSR count). The van der Waals surface area contributed by atoms with Gasteiger partial charge in [-0.1, -0.05) is 54.1 Å². The van der Waals surface area contributed by atoms with Gasteiger partial charge in [-0.05, 0) is 73.6 Å². The molecule has 0 saturated heterocycles. The molecule has 0 heterocycles. The number of carbonyl (C=O) groups is 2. The highest BCUT2D eigenvalue weighted by Gasteiger charge is 2.12. The number of carbonyl (C=O) groups excluding carboxylic acids is 2. The lowest BCUT2D eigenvalue weighted by Gasteiger charge is -2.09. The summed E-state index contributed by atoms with van der Waals surface area (Å²) in [5, 5.41) is 3.07. The fourth-order valence-electron chi connectivity index (χ4n) is 3.55. The number of amides is 1. The molecule has 0 aliphatic carbocycles. The van der Waals surface area contributed by atoms with E-state index in [9.17, 15) is 9.59 Å². The molecule has 5 nitrogen and oxygen atoms in total. The number of anilines is 1. The van der Waals surface area contributed by atoms with E-state index in [1.807, 2.05) is 30.3 Å². The highest BCUT2D eigenvalue weighted by atomic mass is 35.5. The van der Waals surface area contributed by atoms with Gasteiger partial charge in [-0.25, -0.2) is 4.79 Å². The average molecular weight is 480 g/mol. The molecule has 0 fully saturated rings. The van der Waals surface area contributed by atoms with Crippen LogP contribution in [0.4, 0.5) is 5.69 Å². The van der Waals surface area contributed by atoms with Crippen LogP contribution >= 0.6 is 11.6 Å². The summed E-state index contributed by atoms with van der Waals surface area (Å²) < 4.78 is 10.5. The highest BCUT2D eigenvalue weighted by molar-refractivity contribution is 6.33. The summed E-state index contributed by atoms with van der Waals surface area (Å²) >= 11 is 6.01. The van der Waals surface area contributed by atoms with E-state index in [4.69, 9.17) is 21.1 Å². The standard InChI is InChI=1S/C28H30ClNO4/c1-33-28(32)25-20-23(14-17-26(25)29)30-27(31)18-13-22-11-15-24(16-12-22)34-19-7-3-6-10-21-8-4-2-5-9-21/h2,4-5,8-9,11-12,14-17,20H,3,6-7,10,13,18-19H2,1H3,(H,30,31). The molecule has 0 unspecified atom stereocenters. The van der Waals surface area contributed by atoms with E-state index in [0.29, 0.717) is 25.1 Å². The van der Waals surface area contributed by atoms with Gasteiger partial charge in [-0.3, -0.25) is 4.79 Å². The van der Waals surface area contributed by atoms with Crippen molar-refractivity contribution < 1.29 is 19.1 Å². The van der Waals surface area contributed by atoms with E-state index >= 15 is 0 Å². The van der Waals surface area contributed by atoms with Gasteiger partial charge in [-0.15, -0.1) is 0 Å². The quantitative estimate of drug-likeness (QED) is 0.238. The monoisotopic (exact) mass is 479 g/mol. The second kappa shape index (κ2) is 13.4. The molecule has 178 valence electrons. The number of halogens is 1. The first-order valence-electron chi connectivity index (χ1n) is 11.5. The SMILES string of the molecule is COC(=O)c1cc(NC(=O)CCc2ccc(OCCCCCc3ccccc3)cc2)ccc1Cl. The van der Waals surface area contributed by atoms with Crippen molar-refractivity contribution in [1.29, 1.82) is 0 Å². The maximum Gasteiger partial charge on any atom is 0.339 e. The maximum absolute atomic E-state index is 12.3. The molecule has 1 amide bonds. The molecule has 3 aromatic rings. The van der Waals surface area contributed by atoms with Crippen LogP contribution in [-0.4, -0.2) is 25.6 Å². The molecule has 0 bridgehead atoms. The number of unbranched alkanes of at least 4 members (excludes halogenated alkanes) is 2. The fraction of sp³-hybridized carbons (Fsp3) is 0.286. The van der Waals surface area contributed by atoms with Gasteiger partial charge in [0.05, 0.1) is 24.3 Å². The third-order valence-electron chi connectivity index (χ3n) is 5.44. The van der Waals surface area contributed by atoms with Crippen molar-refractivity contribution in [1.82, 2.24) is 0 Å². The third kappa shape index (κ3) is 8.23. The van der Waals surface area contributed by atoms with Gasteiger partial charge < -0.3 is 14.8 Å². The first kappa shape index (κ1) is 25.3. The number of nitrogens with one attached hydrogen (secondary N) is 1. The minimum absolute atomic E-state index is 0.144. The molecule has 0 spiro atoms. The normalized spacial score (nSPS) is 10.5. The topological polar surface area (TPSA) is 64.6 Å². The number of hydrogen-bond acceptors (Lipinski definition) is 4. The van der Waals surface area contributed by atoms with E-state index in [1.54, 1.807) is 12.1 Å². The molecule has 3 aromatic carbocycles. The van der Waals surface area contributed by atoms with Crippen molar-refractivity contribution in [3.8, 4) is 5.75 Å². The van der Waals surface area contributed by atoms with E-state index in [0.717, 1.165) is 37.0 Å². The zero-order valence-corrected chi connectivity index (χ0v) is 20.1. The number of hydrogen-bond donors (Lipinski definition) is 1. The first-order valence-corrected chi connectivity index (χ1v) is 11.9. The Bertz CT molecular complexity index is 1070. The van der Waals surface area contributed by atoms with E-state index in [1.165, 1.54) is 18.7 Å².